The Labute approximate surface area is 194 Å². The van der Waals surface area contributed by atoms with Crippen molar-refractivity contribution < 1.29 is 22.7 Å². The highest BCUT2D eigenvalue weighted by Gasteiger charge is 2.41. The molecule has 4 rings (SSSR count). The zero-order valence-corrected chi connectivity index (χ0v) is 18.8. The highest BCUT2D eigenvalue weighted by Crippen LogP contribution is 2.35. The van der Waals surface area contributed by atoms with Crippen LogP contribution in [-0.2, 0) is 0 Å². The number of aromatic nitrogens is 3. The Morgan fingerprint density at radius 2 is 1.56 bits per heavy atom. The van der Waals surface area contributed by atoms with E-state index >= 15 is 0 Å². The maximum atomic E-state index is 12.8. The van der Waals surface area contributed by atoms with Crippen LogP contribution >= 0.6 is 0 Å². The van der Waals surface area contributed by atoms with Crippen molar-refractivity contribution in [2.45, 2.75) is 33.0 Å². The van der Waals surface area contributed by atoms with Gasteiger partial charge in [0.05, 0.1) is 5.39 Å². The van der Waals surface area contributed by atoms with Gasteiger partial charge in [-0.2, -0.15) is 13.2 Å². The molecule has 2 aromatic carbocycles. The van der Waals surface area contributed by atoms with Crippen molar-refractivity contribution in [3.8, 4) is 22.6 Å². The van der Waals surface area contributed by atoms with E-state index in [1.165, 1.54) is 30.6 Å². The molecule has 0 aliphatic carbocycles. The number of nitrogens with zero attached hydrogens (tertiary/aromatic N) is 3. The molecule has 2 aromatic heterocycles. The summed E-state index contributed by atoms with van der Waals surface area (Å²) in [7, 11) is 0. The van der Waals surface area contributed by atoms with Crippen LogP contribution in [0.2, 0.25) is 0 Å². The minimum atomic E-state index is -4.58. The van der Waals surface area contributed by atoms with Crippen LogP contribution in [0.4, 0.5) is 19.0 Å². The second-order valence-electron chi connectivity index (χ2n) is 8.28. The molecule has 9 heteroatoms. The van der Waals surface area contributed by atoms with Crippen molar-refractivity contribution in [2.75, 3.05) is 5.73 Å². The fourth-order valence-corrected chi connectivity index (χ4v) is 3.65. The van der Waals surface area contributed by atoms with Crippen LogP contribution in [0.1, 0.15) is 37.2 Å². The van der Waals surface area contributed by atoms with E-state index in [-0.39, 0.29) is 11.6 Å². The van der Waals surface area contributed by atoms with Crippen LogP contribution in [0.25, 0.3) is 22.2 Å². The number of alkyl halides is 3. The van der Waals surface area contributed by atoms with E-state index < -0.39 is 17.9 Å². The molecule has 2 heterocycles. The third kappa shape index (κ3) is 4.46. The molecule has 176 valence electrons. The molecule has 0 bridgehead atoms. The average molecular weight is 468 g/mol. The van der Waals surface area contributed by atoms with Crippen LogP contribution < -0.4 is 10.5 Å². The lowest BCUT2D eigenvalue weighted by Crippen LogP contribution is -2.27. The van der Waals surface area contributed by atoms with Crippen molar-refractivity contribution >= 4 is 22.6 Å². The van der Waals surface area contributed by atoms with Crippen molar-refractivity contribution in [1.82, 2.24) is 14.5 Å². The number of anilines is 1. The van der Waals surface area contributed by atoms with Gasteiger partial charge in [-0.3, -0.25) is 4.79 Å². The molecule has 0 radical (unpaired) electrons. The second-order valence-corrected chi connectivity index (χ2v) is 8.28. The van der Waals surface area contributed by atoms with Gasteiger partial charge in [0.1, 0.15) is 35.2 Å². The van der Waals surface area contributed by atoms with Gasteiger partial charge in [0.2, 0.25) is 0 Å². The Morgan fingerprint density at radius 1 is 0.971 bits per heavy atom. The number of ether oxygens (including phenoxy) is 1. The summed E-state index contributed by atoms with van der Waals surface area (Å²) in [5.74, 6) is -1.71. The molecule has 0 fully saturated rings. The molecule has 0 saturated carbocycles. The number of Topliss-reactive ketones (excluding diaryl/α,β-unsaturated/α-hetero) is 1. The van der Waals surface area contributed by atoms with Gasteiger partial charge in [0, 0.05) is 23.4 Å². The summed E-state index contributed by atoms with van der Waals surface area (Å²) in [6.07, 6.45) is -1.14. The molecule has 0 aliphatic rings. The molecular formula is C25H23F3N4O2. The predicted octanol–water partition coefficient (Wildman–Crippen LogP) is 6.43. The number of nitrogens with two attached hydrogens (primary N) is 1. The molecule has 0 aliphatic heterocycles. The standard InChI is InChI=1S/C25H23F3N4O2/c1-14(2)32-12-20(21-23(29)30-13-31-24(21)32)16-4-8-18(9-5-16)34-19-10-6-17(7-11-19)22(33)15(3)25(26,27)28/h4-15H,1-3H3,(H2,29,30,31). The number of hydrogen-bond acceptors (Lipinski definition) is 5. The van der Waals surface area contributed by atoms with Crippen molar-refractivity contribution in [3.05, 3.63) is 66.6 Å². The fraction of sp³-hybridized carbons (Fsp3) is 0.240. The van der Waals surface area contributed by atoms with Crippen LogP contribution in [0.3, 0.4) is 0 Å². The number of hydrogen-bond donors (Lipinski definition) is 1. The number of fused-ring (bicyclic) bond motifs is 1. The van der Waals surface area contributed by atoms with E-state index in [1.54, 1.807) is 12.1 Å². The molecule has 6 nitrogen and oxygen atoms in total. The minimum absolute atomic E-state index is 0.0196. The zero-order chi connectivity index (χ0) is 24.6. The van der Waals surface area contributed by atoms with Gasteiger partial charge in [-0.15, -0.1) is 0 Å². The maximum Gasteiger partial charge on any atom is 0.398 e. The van der Waals surface area contributed by atoms with Crippen molar-refractivity contribution in [3.63, 3.8) is 0 Å². The third-order valence-corrected chi connectivity index (χ3v) is 5.62. The third-order valence-electron chi connectivity index (χ3n) is 5.62. The molecule has 2 N–H and O–H groups in total. The van der Waals surface area contributed by atoms with Gasteiger partial charge in [-0.05, 0) is 62.7 Å². The molecule has 1 atom stereocenters. The van der Waals surface area contributed by atoms with Crippen LogP contribution in [-0.4, -0.2) is 26.5 Å². The summed E-state index contributed by atoms with van der Waals surface area (Å²) < 4.78 is 46.2. The quantitative estimate of drug-likeness (QED) is 0.330. The topological polar surface area (TPSA) is 83.0 Å². The fourth-order valence-electron chi connectivity index (χ4n) is 3.65. The first-order valence-electron chi connectivity index (χ1n) is 10.7. The van der Waals surface area contributed by atoms with Gasteiger partial charge < -0.3 is 15.0 Å². The first-order valence-corrected chi connectivity index (χ1v) is 10.7. The Hall–Kier alpha value is -3.88. The molecule has 0 spiro atoms. The summed E-state index contributed by atoms with van der Waals surface area (Å²) in [6, 6.07) is 13.1. The summed E-state index contributed by atoms with van der Waals surface area (Å²) >= 11 is 0. The molecule has 4 aromatic rings. The first kappa shape index (κ1) is 23.3. The van der Waals surface area contributed by atoms with Crippen molar-refractivity contribution in [2.24, 2.45) is 5.92 Å². The summed E-state index contributed by atoms with van der Waals surface area (Å²) in [5.41, 5.74) is 8.68. The van der Waals surface area contributed by atoms with Crippen LogP contribution in [0, 0.1) is 5.92 Å². The Bertz CT molecular complexity index is 1330. The number of nitrogen functional groups attached to an aromatic ring is 1. The number of rotatable bonds is 6. The zero-order valence-electron chi connectivity index (χ0n) is 18.8. The van der Waals surface area contributed by atoms with E-state index in [9.17, 15) is 18.0 Å². The van der Waals surface area contributed by atoms with E-state index in [4.69, 9.17) is 10.5 Å². The first-order chi connectivity index (χ1) is 16.1. The number of ketones is 1. The van der Waals surface area contributed by atoms with Crippen molar-refractivity contribution in [1.29, 1.82) is 0 Å². The number of benzene rings is 2. The highest BCUT2D eigenvalue weighted by molar-refractivity contribution is 6.00. The minimum Gasteiger partial charge on any atom is -0.457 e. The van der Waals surface area contributed by atoms with Gasteiger partial charge in [-0.25, -0.2) is 9.97 Å². The normalized spacial score (nSPS) is 12.8. The largest absolute Gasteiger partial charge is 0.457 e. The number of carbonyl (C=O) groups is 1. The maximum absolute atomic E-state index is 12.8. The summed E-state index contributed by atoms with van der Waals surface area (Å²) in [5, 5.41) is 0.776. The second kappa shape index (κ2) is 8.81. The SMILES string of the molecule is CC(C)n1cc(-c2ccc(Oc3ccc(C(=O)C(C)C(F)(F)F)cc3)cc2)c2c(N)ncnc21. The number of halogens is 3. The summed E-state index contributed by atoms with van der Waals surface area (Å²) in [6.45, 7) is 4.97. The van der Waals surface area contributed by atoms with Gasteiger partial charge in [0.15, 0.2) is 5.78 Å². The number of carbonyl (C=O) groups excluding carboxylic acids is 1. The average Bonchev–Trinajstić information content (AvgIpc) is 3.20. The van der Waals surface area contributed by atoms with E-state index in [2.05, 4.69) is 23.8 Å². The molecule has 34 heavy (non-hydrogen) atoms. The van der Waals surface area contributed by atoms with E-state index in [0.29, 0.717) is 17.3 Å². The lowest BCUT2D eigenvalue weighted by Gasteiger charge is -2.14. The molecular weight excluding hydrogens is 445 g/mol. The summed E-state index contributed by atoms with van der Waals surface area (Å²) in [4.78, 5) is 20.5. The molecule has 0 amide bonds. The molecule has 0 saturated heterocycles. The monoisotopic (exact) mass is 468 g/mol. The van der Waals surface area contributed by atoms with Gasteiger partial charge in [0.25, 0.3) is 0 Å². The van der Waals surface area contributed by atoms with Crippen LogP contribution in [0.15, 0.2) is 61.1 Å². The smallest absolute Gasteiger partial charge is 0.398 e. The van der Waals surface area contributed by atoms with Gasteiger partial charge >= 0.3 is 6.18 Å². The lowest BCUT2D eigenvalue weighted by molar-refractivity contribution is -0.155. The van der Waals surface area contributed by atoms with Crippen LogP contribution in [0.5, 0.6) is 11.5 Å². The molecule has 1 unspecified atom stereocenters. The van der Waals surface area contributed by atoms with E-state index in [0.717, 1.165) is 29.1 Å². The lowest BCUT2D eigenvalue weighted by atomic mass is 9.99. The predicted molar refractivity (Wildman–Crippen MR) is 124 cm³/mol. The Kier molecular flexibility index (Phi) is 6.03. The highest BCUT2D eigenvalue weighted by atomic mass is 19.4. The Morgan fingerprint density at radius 3 is 2.12 bits per heavy atom. The van der Waals surface area contributed by atoms with E-state index in [1.807, 2.05) is 22.9 Å². The van der Waals surface area contributed by atoms with Gasteiger partial charge in [-0.1, -0.05) is 12.1 Å². The Balaban J connectivity index is 1.55.